The number of amidine groups is 2. The van der Waals surface area contributed by atoms with Crippen LogP contribution >= 0.6 is 11.8 Å². The van der Waals surface area contributed by atoms with Gasteiger partial charge < -0.3 is 15.4 Å². The Morgan fingerprint density at radius 1 is 0.974 bits per heavy atom. The van der Waals surface area contributed by atoms with Gasteiger partial charge in [0.2, 0.25) is 11.8 Å². The molecule has 0 bridgehead atoms. The summed E-state index contributed by atoms with van der Waals surface area (Å²) in [5.74, 6) is 0.617. The lowest BCUT2D eigenvalue weighted by atomic mass is 10.1. The molecule has 3 aromatic carbocycles. The van der Waals surface area contributed by atoms with Crippen LogP contribution in [0.15, 0.2) is 88.8 Å². The normalized spacial score (nSPS) is 15.6. The number of carbonyl (C=O) groups excluding carboxylic acids is 3. The molecule has 2 heterocycles. The van der Waals surface area contributed by atoms with E-state index in [0.29, 0.717) is 34.7 Å². The molecule has 0 radical (unpaired) electrons. The van der Waals surface area contributed by atoms with Crippen LogP contribution in [0, 0.1) is 0 Å². The molecule has 2 aliphatic rings. The number of hydrogen-bond acceptors (Lipinski definition) is 7. The summed E-state index contributed by atoms with van der Waals surface area (Å²) < 4.78 is 5.15. The van der Waals surface area contributed by atoms with Gasteiger partial charge in [0.05, 0.1) is 18.6 Å². The van der Waals surface area contributed by atoms with Crippen molar-refractivity contribution < 1.29 is 19.1 Å². The molecule has 1 atom stereocenters. The molecule has 0 unspecified atom stereocenters. The maximum Gasteiger partial charge on any atom is 0.259 e. The Bertz CT molecular complexity index is 1440. The van der Waals surface area contributed by atoms with Crippen LogP contribution < -0.4 is 15.4 Å². The minimum atomic E-state index is -0.701. The second kappa shape index (κ2) is 12.0. The van der Waals surface area contributed by atoms with Gasteiger partial charge in [0, 0.05) is 24.2 Å². The van der Waals surface area contributed by atoms with Gasteiger partial charge >= 0.3 is 0 Å². The highest BCUT2D eigenvalue weighted by Crippen LogP contribution is 2.34. The number of nitrogens with zero attached hydrogens (tertiary/aromatic N) is 3. The maximum atomic E-state index is 13.4. The minimum Gasteiger partial charge on any atom is -0.497 e. The lowest BCUT2D eigenvalue weighted by Crippen LogP contribution is -2.41. The first-order valence-corrected chi connectivity index (χ1v) is 13.5. The first kappa shape index (κ1) is 26.2. The van der Waals surface area contributed by atoms with Gasteiger partial charge in [-0.2, -0.15) is 0 Å². The summed E-state index contributed by atoms with van der Waals surface area (Å²) in [4.78, 5) is 49.3. The van der Waals surface area contributed by atoms with Gasteiger partial charge in [0.15, 0.2) is 5.17 Å². The van der Waals surface area contributed by atoms with Gasteiger partial charge in [-0.25, -0.2) is 9.89 Å². The zero-order valence-electron chi connectivity index (χ0n) is 21.3. The van der Waals surface area contributed by atoms with Crippen LogP contribution in [-0.2, 0) is 20.9 Å². The number of anilines is 1. The van der Waals surface area contributed by atoms with Crippen molar-refractivity contribution in [3.05, 3.63) is 90.0 Å². The van der Waals surface area contributed by atoms with Crippen molar-refractivity contribution in [2.24, 2.45) is 9.98 Å². The van der Waals surface area contributed by atoms with Crippen LogP contribution in [0.1, 0.15) is 24.0 Å². The van der Waals surface area contributed by atoms with E-state index in [4.69, 9.17) is 9.73 Å². The zero-order valence-corrected chi connectivity index (χ0v) is 22.1. The predicted molar refractivity (Wildman–Crippen MR) is 152 cm³/mol. The average molecular weight is 542 g/mol. The standard InChI is InChI=1S/C29H27N5O4S/c1-38-21-13-11-20(12-14-21)31-26(36)18-39-29-33-23-10-6-5-9-22(23)27-32-24(28(37)34(27)29)15-16-25(35)30-17-19-7-3-2-4-8-19/h2-14,24H,15-18H2,1H3,(H,30,35)(H,31,36)/t24-/m0/s1. The summed E-state index contributed by atoms with van der Waals surface area (Å²) in [6.07, 6.45) is 0.441. The van der Waals surface area contributed by atoms with Crippen molar-refractivity contribution in [2.45, 2.75) is 25.4 Å². The van der Waals surface area contributed by atoms with Gasteiger partial charge in [0.25, 0.3) is 5.91 Å². The van der Waals surface area contributed by atoms with E-state index in [1.165, 1.54) is 16.7 Å². The molecule has 198 valence electrons. The van der Waals surface area contributed by atoms with E-state index in [9.17, 15) is 14.4 Å². The number of amides is 3. The summed E-state index contributed by atoms with van der Waals surface area (Å²) in [7, 11) is 1.58. The molecule has 10 heteroatoms. The molecule has 0 aliphatic carbocycles. The van der Waals surface area contributed by atoms with Gasteiger partial charge in [-0.3, -0.25) is 19.4 Å². The minimum absolute atomic E-state index is 0.0522. The molecule has 9 nitrogen and oxygen atoms in total. The Balaban J connectivity index is 1.23. The fourth-order valence-corrected chi connectivity index (χ4v) is 5.04. The number of methoxy groups -OCH3 is 1. The van der Waals surface area contributed by atoms with Crippen LogP contribution in [0.5, 0.6) is 5.75 Å². The number of thioether (sulfide) groups is 1. The molecule has 0 saturated heterocycles. The number of carbonyl (C=O) groups is 3. The van der Waals surface area contributed by atoms with Crippen molar-refractivity contribution >= 4 is 51.9 Å². The number of nitrogens with one attached hydrogen (secondary N) is 2. The molecule has 0 fully saturated rings. The highest BCUT2D eigenvalue weighted by atomic mass is 32.2. The molecular weight excluding hydrogens is 514 g/mol. The number of hydrogen-bond donors (Lipinski definition) is 2. The van der Waals surface area contributed by atoms with Crippen LogP contribution in [0.4, 0.5) is 11.4 Å². The first-order chi connectivity index (χ1) is 19.0. The molecule has 0 saturated carbocycles. The second-order valence-corrected chi connectivity index (χ2v) is 9.86. The van der Waals surface area contributed by atoms with Crippen LogP contribution in [0.3, 0.4) is 0 Å². The quantitative estimate of drug-likeness (QED) is 0.423. The summed E-state index contributed by atoms with van der Waals surface area (Å²) in [6.45, 7) is 0.429. The molecule has 0 aromatic heterocycles. The van der Waals surface area contributed by atoms with E-state index < -0.39 is 6.04 Å². The van der Waals surface area contributed by atoms with Crippen LogP contribution in [-0.4, -0.2) is 52.5 Å². The number of rotatable bonds is 9. The molecular formula is C29H27N5O4S. The Morgan fingerprint density at radius 2 is 1.72 bits per heavy atom. The SMILES string of the molecule is COc1ccc(NC(=O)CSC2=Nc3ccccc3C3=N[C@@H](CCC(=O)NCc4ccccc4)C(=O)N23)cc1. The van der Waals surface area contributed by atoms with E-state index in [-0.39, 0.29) is 36.3 Å². The van der Waals surface area contributed by atoms with E-state index in [0.717, 1.165) is 11.1 Å². The fraction of sp³-hybridized carbons (Fsp3) is 0.207. The topological polar surface area (TPSA) is 112 Å². The highest BCUT2D eigenvalue weighted by molar-refractivity contribution is 8.14. The molecule has 39 heavy (non-hydrogen) atoms. The summed E-state index contributed by atoms with van der Waals surface area (Å²) >= 11 is 1.17. The third-order valence-electron chi connectivity index (χ3n) is 6.23. The zero-order chi connectivity index (χ0) is 27.2. The Kier molecular flexibility index (Phi) is 8.02. The highest BCUT2D eigenvalue weighted by Gasteiger charge is 2.41. The monoisotopic (exact) mass is 541 g/mol. The lowest BCUT2D eigenvalue weighted by Gasteiger charge is -2.25. The third kappa shape index (κ3) is 6.18. The fourth-order valence-electron chi connectivity index (χ4n) is 4.24. The van der Waals surface area contributed by atoms with Crippen molar-refractivity contribution in [2.75, 3.05) is 18.2 Å². The smallest absolute Gasteiger partial charge is 0.259 e. The van der Waals surface area contributed by atoms with Gasteiger partial charge in [-0.1, -0.05) is 54.2 Å². The Hall–Kier alpha value is -4.44. The number of fused-ring (bicyclic) bond motifs is 3. The summed E-state index contributed by atoms with van der Waals surface area (Å²) in [5, 5.41) is 6.12. The van der Waals surface area contributed by atoms with E-state index >= 15 is 0 Å². The Labute approximate surface area is 230 Å². The molecule has 0 spiro atoms. The molecule has 5 rings (SSSR count). The van der Waals surface area contributed by atoms with Crippen molar-refractivity contribution in [1.82, 2.24) is 10.2 Å². The van der Waals surface area contributed by atoms with Crippen molar-refractivity contribution in [1.29, 1.82) is 0 Å². The number of benzene rings is 3. The first-order valence-electron chi connectivity index (χ1n) is 12.5. The average Bonchev–Trinajstić information content (AvgIpc) is 3.31. The van der Waals surface area contributed by atoms with Gasteiger partial charge in [0.1, 0.15) is 17.6 Å². The molecule has 3 aromatic rings. The van der Waals surface area contributed by atoms with Crippen molar-refractivity contribution in [3.63, 3.8) is 0 Å². The lowest BCUT2D eigenvalue weighted by molar-refractivity contribution is -0.125. The van der Waals surface area contributed by atoms with E-state index in [1.807, 2.05) is 54.6 Å². The number of aliphatic imine (C=N–C) groups is 2. The number of para-hydroxylation sites is 1. The molecule has 2 N–H and O–H groups in total. The summed E-state index contributed by atoms with van der Waals surface area (Å²) in [6, 6.07) is 23.4. The maximum absolute atomic E-state index is 13.4. The second-order valence-electron chi connectivity index (χ2n) is 8.92. The van der Waals surface area contributed by atoms with Gasteiger partial charge in [-0.15, -0.1) is 0 Å². The Morgan fingerprint density at radius 3 is 2.49 bits per heavy atom. The number of ether oxygens (including phenoxy) is 1. The van der Waals surface area contributed by atoms with Gasteiger partial charge in [-0.05, 0) is 48.4 Å². The molecule has 3 amide bonds. The molecule has 2 aliphatic heterocycles. The van der Waals surface area contributed by atoms with E-state index in [1.54, 1.807) is 31.4 Å². The van der Waals surface area contributed by atoms with Crippen LogP contribution in [0.2, 0.25) is 0 Å². The summed E-state index contributed by atoms with van der Waals surface area (Å²) in [5.41, 5.74) is 3.07. The largest absolute Gasteiger partial charge is 0.497 e. The van der Waals surface area contributed by atoms with E-state index in [2.05, 4.69) is 15.6 Å². The van der Waals surface area contributed by atoms with Crippen molar-refractivity contribution in [3.8, 4) is 5.75 Å². The predicted octanol–water partition coefficient (Wildman–Crippen LogP) is 4.12. The third-order valence-corrected chi connectivity index (χ3v) is 7.17. The van der Waals surface area contributed by atoms with Crippen LogP contribution in [0.25, 0.3) is 0 Å².